The predicted molar refractivity (Wildman–Crippen MR) is 613 cm³/mol. The van der Waals surface area contributed by atoms with Gasteiger partial charge in [-0.25, -0.2) is 0 Å². The van der Waals surface area contributed by atoms with Crippen LogP contribution in [-0.2, 0) is 0 Å². The lowest BCUT2D eigenvalue weighted by Crippen LogP contribution is -2.03. The van der Waals surface area contributed by atoms with Gasteiger partial charge in [-0.15, -0.1) is 25.7 Å². The first kappa shape index (κ1) is 122. The van der Waals surface area contributed by atoms with Gasteiger partial charge < -0.3 is 37.9 Å². The van der Waals surface area contributed by atoms with Crippen LogP contribution < -0.4 is 37.9 Å². The second-order valence-electron chi connectivity index (χ2n) is 39.6. The van der Waals surface area contributed by atoms with Crippen molar-refractivity contribution in [1.82, 2.24) is 0 Å². The molecule has 6 aromatic rings. The minimum Gasteiger partial charge on any atom is -0.492 e. The van der Waals surface area contributed by atoms with Gasteiger partial charge in [0.15, 0.2) is 0 Å². The summed E-state index contributed by atoms with van der Waals surface area (Å²) in [5.74, 6) is 58.7. The Bertz CT molecular complexity index is 4490. The van der Waals surface area contributed by atoms with Crippen molar-refractivity contribution >= 4 is 0 Å². The zero-order chi connectivity index (χ0) is 102. The molecule has 0 amide bonds. The van der Waals surface area contributed by atoms with Crippen LogP contribution in [0.1, 0.15) is 544 Å². The lowest BCUT2D eigenvalue weighted by molar-refractivity contribution is 0.295. The van der Waals surface area contributed by atoms with E-state index < -0.39 is 0 Å². The van der Waals surface area contributed by atoms with Crippen molar-refractivity contribution in [2.24, 2.45) is 0 Å². The van der Waals surface area contributed by atoms with Crippen LogP contribution in [0.5, 0.6) is 46.0 Å². The Morgan fingerprint density at radius 2 is 0.257 bits per heavy atom. The van der Waals surface area contributed by atoms with E-state index in [0.29, 0.717) is 177 Å². The molecular weight excluding hydrogens is 1760 g/mol. The summed E-state index contributed by atoms with van der Waals surface area (Å²) in [5.41, 5.74) is 9.33. The molecule has 0 N–H and O–H groups in total. The van der Waals surface area contributed by atoms with Crippen molar-refractivity contribution in [2.45, 2.75) is 466 Å². The van der Waals surface area contributed by atoms with Crippen molar-refractivity contribution in [3.63, 3.8) is 0 Å². The molecule has 6 rings (SSSR count). The quantitative estimate of drug-likeness (QED) is 0.0276. The first-order chi connectivity index (χ1) is 71.1. The Morgan fingerprint density at radius 3 is 0.396 bits per heavy atom. The van der Waals surface area contributed by atoms with Gasteiger partial charge in [0, 0.05) is 81.9 Å². The highest BCUT2D eigenvalue weighted by molar-refractivity contribution is 5.66. The molecule has 0 radical (unpaired) electrons. The Morgan fingerprint density at radius 1 is 0.139 bits per heavy atom. The summed E-state index contributed by atoms with van der Waals surface area (Å²) in [5, 5.41) is 0. The molecule has 778 valence electrons. The molecule has 0 spiro atoms. The minimum absolute atomic E-state index is 0.533. The molecule has 0 aliphatic rings. The van der Waals surface area contributed by atoms with Crippen LogP contribution in [0.25, 0.3) is 0 Å². The number of ether oxygens (including phenoxy) is 8. The number of unbranched alkanes of at least 4 members (excludes halogenated alkanes) is 56. The van der Waals surface area contributed by atoms with E-state index in [0.717, 1.165) is 103 Å². The molecule has 0 saturated heterocycles. The molecule has 0 fully saturated rings. The third kappa shape index (κ3) is 55.6. The molecular formula is C136H186O8. The highest BCUT2D eigenvalue weighted by Gasteiger charge is 2.18. The van der Waals surface area contributed by atoms with Gasteiger partial charge in [0.05, 0.1) is 97.4 Å². The predicted octanol–water partition coefficient (Wildman–Crippen LogP) is 36.8. The Hall–Kier alpha value is -10.7. The monoisotopic (exact) mass is 1950 g/mol. The highest BCUT2D eigenvalue weighted by atomic mass is 16.5. The fourth-order valence-corrected chi connectivity index (χ4v) is 17.8. The van der Waals surface area contributed by atoms with Crippen LogP contribution >= 0.6 is 0 Å². The summed E-state index contributed by atoms with van der Waals surface area (Å²) in [7, 11) is 0. The van der Waals surface area contributed by atoms with Gasteiger partial charge in [-0.1, -0.05) is 498 Å². The van der Waals surface area contributed by atoms with E-state index in [-0.39, 0.29) is 0 Å². The van der Waals surface area contributed by atoms with E-state index in [9.17, 15) is 0 Å². The zero-order valence-electron chi connectivity index (χ0n) is 91.6. The van der Waals surface area contributed by atoms with Gasteiger partial charge in [0.25, 0.3) is 0 Å². The molecule has 0 heterocycles. The van der Waals surface area contributed by atoms with Gasteiger partial charge in [-0.2, -0.15) is 0 Å². The summed E-state index contributed by atoms with van der Waals surface area (Å²) in [6.07, 6.45) is 101. The SMILES string of the molecule is C#Cc1cc(OCCCCCCCCCC)c(C#Cc2cc(C#CC#Cc3cc(C#Cc4cc(OCCCCCCCCCC)c(C#C)cc4OCCCCCCCCCC)cc(C#Cc4cc(OCCCCCCCCCC)c(C#C)cc4OCCCCCCCCCC)c3)cc(C#Cc3cc(OCCCCCCCCCC)c(C#C)cc3OCCCCCCCCCC)c2)cc1OCCCCCCCCCC. The number of hydrogen-bond acceptors (Lipinski definition) is 8. The fourth-order valence-electron chi connectivity index (χ4n) is 17.8. The van der Waals surface area contributed by atoms with E-state index in [4.69, 9.17) is 63.6 Å². The third-order valence-electron chi connectivity index (χ3n) is 26.7. The van der Waals surface area contributed by atoms with Crippen LogP contribution in [0, 0.1) is 120 Å². The lowest BCUT2D eigenvalue weighted by Gasteiger charge is -2.14. The molecule has 0 atom stereocenters. The van der Waals surface area contributed by atoms with Crippen LogP contribution in [0.4, 0.5) is 0 Å². The van der Waals surface area contributed by atoms with E-state index >= 15 is 0 Å². The van der Waals surface area contributed by atoms with E-state index in [1.54, 1.807) is 0 Å². The first-order valence-corrected chi connectivity index (χ1v) is 58.1. The molecule has 8 heteroatoms. The van der Waals surface area contributed by atoms with Crippen molar-refractivity contribution < 1.29 is 37.9 Å². The van der Waals surface area contributed by atoms with Gasteiger partial charge >= 0.3 is 0 Å². The maximum absolute atomic E-state index is 6.71. The van der Waals surface area contributed by atoms with E-state index in [1.807, 2.05) is 84.9 Å². The summed E-state index contributed by atoms with van der Waals surface area (Å²) in [6, 6.07) is 27.6. The number of hydrogen-bond donors (Lipinski definition) is 0. The molecule has 0 bridgehead atoms. The average Bonchev–Trinajstić information content (AvgIpc) is 0.857. The number of benzene rings is 6. The molecule has 144 heavy (non-hydrogen) atoms. The minimum atomic E-state index is 0.533. The first-order valence-electron chi connectivity index (χ1n) is 58.1. The van der Waals surface area contributed by atoms with Crippen molar-refractivity contribution in [3.8, 4) is 166 Å². The maximum Gasteiger partial charge on any atom is 0.136 e. The normalized spacial score (nSPS) is 10.6. The van der Waals surface area contributed by atoms with E-state index in [2.05, 4.69) is 150 Å². The smallest absolute Gasteiger partial charge is 0.136 e. The van der Waals surface area contributed by atoms with Crippen LogP contribution in [0.2, 0.25) is 0 Å². The standard InChI is InChI=1S/C136H186O8/c1-13-25-33-41-49-57-65-75-93-137-129-111-125(133(107-121(129)21-9)141-97-79-69-61-53-45-37-29-17-5)89-85-117-101-115(102-118(105-117)86-90-126-112-130(138-94-76-66-58-50-42-34-26-14-2)122(22-10)108-134(126)142-98-80-70-62-54-46-38-30-18-6)83-73-74-84-116-103-119(87-91-127-113-131(139-95-77-67-59-51-43-35-27-15-3)123(23-11)109-135(127)143-99-81-71-63-55-47-39-31-19-7)106-120(104-116)88-92-128-114-132(140-96-78-68-60-52-44-36-28-16-4)124(24-12)110-136(128)144-100-82-72-64-56-48-40-32-20-8/h9-12,101-114H,13-20,25-72,75-82,93-100H2,1-8H3. The Kier molecular flexibility index (Phi) is 70.7. The summed E-state index contributed by atoms with van der Waals surface area (Å²) in [4.78, 5) is 0. The molecule has 0 unspecified atom stereocenters. The Balaban J connectivity index is 1.58. The second kappa shape index (κ2) is 83.5. The zero-order valence-corrected chi connectivity index (χ0v) is 91.6. The Labute approximate surface area is 880 Å². The molecule has 0 aliphatic carbocycles. The van der Waals surface area contributed by atoms with Crippen LogP contribution in [-0.4, -0.2) is 52.9 Å². The molecule has 0 aliphatic heterocycles. The van der Waals surface area contributed by atoms with Gasteiger partial charge in [0.1, 0.15) is 46.0 Å². The van der Waals surface area contributed by atoms with E-state index in [1.165, 1.54) is 308 Å². The van der Waals surface area contributed by atoms with Crippen LogP contribution in [0.3, 0.4) is 0 Å². The van der Waals surface area contributed by atoms with Gasteiger partial charge in [-0.05, 0) is 99.6 Å². The van der Waals surface area contributed by atoms with Gasteiger partial charge in [-0.3, -0.25) is 0 Å². The van der Waals surface area contributed by atoms with Crippen molar-refractivity contribution in [3.05, 3.63) is 163 Å². The second-order valence-corrected chi connectivity index (χ2v) is 39.6. The fraction of sp³-hybridized carbons (Fsp3) is 0.588. The van der Waals surface area contributed by atoms with Gasteiger partial charge in [0.2, 0.25) is 0 Å². The highest BCUT2D eigenvalue weighted by Crippen LogP contribution is 2.36. The van der Waals surface area contributed by atoms with Crippen molar-refractivity contribution in [2.75, 3.05) is 52.9 Å². The molecule has 8 nitrogen and oxygen atoms in total. The number of rotatable bonds is 80. The third-order valence-corrected chi connectivity index (χ3v) is 26.7. The topological polar surface area (TPSA) is 73.8 Å². The summed E-state index contributed by atoms with van der Waals surface area (Å²) < 4.78 is 53.2. The average molecular weight is 1950 g/mol. The maximum atomic E-state index is 6.71. The molecule has 0 aromatic heterocycles. The summed E-state index contributed by atoms with van der Waals surface area (Å²) >= 11 is 0. The van der Waals surface area contributed by atoms with Crippen molar-refractivity contribution in [1.29, 1.82) is 0 Å². The van der Waals surface area contributed by atoms with Crippen LogP contribution in [0.15, 0.2) is 84.9 Å². The number of terminal acetylenes is 4. The molecule has 6 aromatic carbocycles. The summed E-state index contributed by atoms with van der Waals surface area (Å²) in [6.45, 7) is 22.4. The largest absolute Gasteiger partial charge is 0.492 e. The lowest BCUT2D eigenvalue weighted by atomic mass is 10.0. The molecule has 0 saturated carbocycles.